The van der Waals surface area contributed by atoms with Gasteiger partial charge in [0.25, 0.3) is 0 Å². The SMILES string of the molecule is CC(=O)S[C@@H](Cc1ccccc1)C(=O)N[C@H]1CSC[C@H]2SC[C@@H](C(=O)O)N2C1=O. The van der Waals surface area contributed by atoms with E-state index in [2.05, 4.69) is 5.32 Å². The van der Waals surface area contributed by atoms with Crippen LogP contribution in [0, 0.1) is 0 Å². The lowest BCUT2D eigenvalue weighted by atomic mass is 10.1. The van der Waals surface area contributed by atoms with Crippen LogP contribution in [0.15, 0.2) is 30.3 Å². The quantitative estimate of drug-likeness (QED) is 0.666. The molecular formula is C19H22N2O5S3. The minimum atomic E-state index is -1.03. The van der Waals surface area contributed by atoms with Crippen molar-refractivity contribution in [3.63, 3.8) is 0 Å². The van der Waals surface area contributed by atoms with Crippen molar-refractivity contribution >= 4 is 58.2 Å². The van der Waals surface area contributed by atoms with Gasteiger partial charge in [0.15, 0.2) is 5.12 Å². The lowest BCUT2D eigenvalue weighted by molar-refractivity contribution is -0.149. The molecule has 2 fully saturated rings. The summed E-state index contributed by atoms with van der Waals surface area (Å²) in [5.74, 6) is -0.416. The predicted molar refractivity (Wildman–Crippen MR) is 116 cm³/mol. The third-order valence-corrected chi connectivity index (χ3v) is 8.27. The molecule has 2 saturated heterocycles. The fourth-order valence-corrected chi connectivity index (χ4v) is 6.90. The average molecular weight is 455 g/mol. The zero-order valence-electron chi connectivity index (χ0n) is 15.8. The second-order valence-corrected chi connectivity index (χ2v) is 10.4. The van der Waals surface area contributed by atoms with Crippen LogP contribution >= 0.6 is 35.3 Å². The molecule has 0 bridgehead atoms. The third-order valence-electron chi connectivity index (χ3n) is 4.66. The molecule has 0 saturated carbocycles. The molecule has 0 aromatic heterocycles. The number of benzene rings is 1. The molecule has 156 valence electrons. The van der Waals surface area contributed by atoms with Crippen LogP contribution in [-0.4, -0.2) is 72.9 Å². The molecule has 3 rings (SSSR count). The highest BCUT2D eigenvalue weighted by molar-refractivity contribution is 8.14. The van der Waals surface area contributed by atoms with E-state index in [1.165, 1.54) is 35.3 Å². The number of nitrogens with one attached hydrogen (secondary N) is 1. The Morgan fingerprint density at radius 2 is 1.97 bits per heavy atom. The maximum atomic E-state index is 13.0. The Bertz CT molecular complexity index is 791. The van der Waals surface area contributed by atoms with E-state index in [0.717, 1.165) is 17.3 Å². The zero-order valence-corrected chi connectivity index (χ0v) is 18.2. The Morgan fingerprint density at radius 3 is 2.62 bits per heavy atom. The van der Waals surface area contributed by atoms with Crippen LogP contribution in [0.5, 0.6) is 0 Å². The normalized spacial score (nSPS) is 25.1. The van der Waals surface area contributed by atoms with E-state index in [9.17, 15) is 24.3 Å². The first-order chi connectivity index (χ1) is 13.9. The zero-order chi connectivity index (χ0) is 21.0. The minimum Gasteiger partial charge on any atom is -0.480 e. The Hall–Kier alpha value is -1.65. The second kappa shape index (κ2) is 9.90. The number of aliphatic carboxylic acids is 1. The highest BCUT2D eigenvalue weighted by atomic mass is 32.2. The lowest BCUT2D eigenvalue weighted by Crippen LogP contribution is -2.55. The molecule has 2 aliphatic rings. The van der Waals surface area contributed by atoms with Crippen molar-refractivity contribution in [2.75, 3.05) is 17.3 Å². The van der Waals surface area contributed by atoms with Gasteiger partial charge >= 0.3 is 5.97 Å². The highest BCUT2D eigenvalue weighted by Crippen LogP contribution is 2.34. The summed E-state index contributed by atoms with van der Waals surface area (Å²) < 4.78 is 0. The Labute approximate surface area is 181 Å². The topological polar surface area (TPSA) is 104 Å². The van der Waals surface area contributed by atoms with Crippen LogP contribution in [-0.2, 0) is 25.6 Å². The number of nitrogens with zero attached hydrogens (tertiary/aromatic N) is 1. The number of hydrogen-bond donors (Lipinski definition) is 2. The largest absolute Gasteiger partial charge is 0.480 e. The number of amides is 2. The summed E-state index contributed by atoms with van der Waals surface area (Å²) >= 11 is 3.93. The number of carboxylic acids is 1. The molecule has 2 heterocycles. The van der Waals surface area contributed by atoms with Gasteiger partial charge < -0.3 is 15.3 Å². The Kier molecular flexibility index (Phi) is 7.53. The second-order valence-electron chi connectivity index (χ2n) is 6.77. The van der Waals surface area contributed by atoms with Gasteiger partial charge in [-0.1, -0.05) is 42.1 Å². The van der Waals surface area contributed by atoms with Crippen molar-refractivity contribution in [3.05, 3.63) is 35.9 Å². The van der Waals surface area contributed by atoms with Gasteiger partial charge in [-0.3, -0.25) is 14.4 Å². The molecular weight excluding hydrogens is 432 g/mol. The van der Waals surface area contributed by atoms with E-state index in [4.69, 9.17) is 0 Å². The first-order valence-electron chi connectivity index (χ1n) is 9.12. The number of carbonyl (C=O) groups is 4. The molecule has 2 amide bonds. The number of carbonyl (C=O) groups excluding carboxylic acids is 3. The molecule has 1 aromatic carbocycles. The van der Waals surface area contributed by atoms with Crippen LogP contribution < -0.4 is 5.32 Å². The number of rotatable bonds is 6. The van der Waals surface area contributed by atoms with Crippen molar-refractivity contribution in [1.29, 1.82) is 0 Å². The molecule has 7 nitrogen and oxygen atoms in total. The summed E-state index contributed by atoms with van der Waals surface area (Å²) in [6.45, 7) is 1.41. The van der Waals surface area contributed by atoms with E-state index >= 15 is 0 Å². The van der Waals surface area contributed by atoms with Gasteiger partial charge in [0.05, 0.1) is 10.6 Å². The number of thioether (sulfide) groups is 3. The summed E-state index contributed by atoms with van der Waals surface area (Å²) in [6, 6.07) is 7.71. The maximum absolute atomic E-state index is 13.0. The molecule has 0 spiro atoms. The molecule has 2 N–H and O–H groups in total. The monoisotopic (exact) mass is 454 g/mol. The highest BCUT2D eigenvalue weighted by Gasteiger charge is 2.46. The van der Waals surface area contributed by atoms with Crippen LogP contribution in [0.2, 0.25) is 0 Å². The number of fused-ring (bicyclic) bond motifs is 1. The number of carboxylic acid groups (broad SMARTS) is 1. The van der Waals surface area contributed by atoms with Gasteiger partial charge in [0, 0.05) is 24.2 Å². The fraction of sp³-hybridized carbons (Fsp3) is 0.474. The van der Waals surface area contributed by atoms with Crippen LogP contribution in [0.3, 0.4) is 0 Å². The molecule has 0 aliphatic carbocycles. The van der Waals surface area contributed by atoms with E-state index in [1.807, 2.05) is 30.3 Å². The maximum Gasteiger partial charge on any atom is 0.327 e. The van der Waals surface area contributed by atoms with E-state index < -0.39 is 23.3 Å². The van der Waals surface area contributed by atoms with E-state index in [0.29, 0.717) is 23.7 Å². The van der Waals surface area contributed by atoms with Crippen LogP contribution in [0.4, 0.5) is 0 Å². The first-order valence-corrected chi connectivity index (χ1v) is 12.2. The molecule has 10 heteroatoms. The number of hydrogen-bond acceptors (Lipinski definition) is 7. The molecule has 1 aromatic rings. The van der Waals surface area contributed by atoms with Crippen molar-refractivity contribution in [1.82, 2.24) is 10.2 Å². The smallest absolute Gasteiger partial charge is 0.327 e. The van der Waals surface area contributed by atoms with Crippen molar-refractivity contribution < 1.29 is 24.3 Å². The minimum absolute atomic E-state index is 0.176. The Balaban J connectivity index is 1.73. The predicted octanol–water partition coefficient (Wildman–Crippen LogP) is 1.46. The standard InChI is InChI=1S/C19H22N2O5S3/c1-11(22)29-15(7-12-5-3-2-4-6-12)17(23)20-13-8-27-10-16-21(18(13)24)14(9-28-16)19(25)26/h2-6,13-16H,7-10H2,1H3,(H,20,23)(H,25,26)/t13-,14-,15-,16+/m0/s1. The molecule has 0 radical (unpaired) electrons. The van der Waals surface area contributed by atoms with E-state index in [1.54, 1.807) is 0 Å². The Morgan fingerprint density at radius 1 is 1.24 bits per heavy atom. The van der Waals surface area contributed by atoms with Crippen LogP contribution in [0.1, 0.15) is 12.5 Å². The van der Waals surface area contributed by atoms with Crippen molar-refractivity contribution in [2.45, 2.75) is 36.1 Å². The average Bonchev–Trinajstić information content (AvgIpc) is 3.04. The van der Waals surface area contributed by atoms with E-state index in [-0.39, 0.29) is 22.3 Å². The molecule has 0 unspecified atom stereocenters. The summed E-state index contributed by atoms with van der Waals surface area (Å²) in [4.78, 5) is 50.6. The summed E-state index contributed by atoms with van der Waals surface area (Å²) in [5, 5.41) is 11.2. The van der Waals surface area contributed by atoms with Crippen molar-refractivity contribution in [3.8, 4) is 0 Å². The van der Waals surface area contributed by atoms with Gasteiger partial charge in [-0.05, 0) is 12.0 Å². The molecule has 2 aliphatic heterocycles. The summed E-state index contributed by atoms with van der Waals surface area (Å²) in [6.07, 6.45) is 0.366. The van der Waals surface area contributed by atoms with Gasteiger partial charge in [-0.15, -0.1) is 11.8 Å². The summed E-state index contributed by atoms with van der Waals surface area (Å²) in [5.41, 5.74) is 0.921. The van der Waals surface area contributed by atoms with Crippen LogP contribution in [0.25, 0.3) is 0 Å². The van der Waals surface area contributed by atoms with Gasteiger partial charge in [0.1, 0.15) is 12.1 Å². The van der Waals surface area contributed by atoms with Gasteiger partial charge in [-0.2, -0.15) is 11.8 Å². The molecule has 29 heavy (non-hydrogen) atoms. The van der Waals surface area contributed by atoms with Gasteiger partial charge in [-0.25, -0.2) is 4.79 Å². The van der Waals surface area contributed by atoms with Crippen molar-refractivity contribution in [2.24, 2.45) is 0 Å². The fourth-order valence-electron chi connectivity index (χ4n) is 3.30. The molecule has 4 atom stereocenters. The first kappa shape index (κ1) is 22.0. The third kappa shape index (κ3) is 5.49. The lowest BCUT2D eigenvalue weighted by Gasteiger charge is -2.28. The summed E-state index contributed by atoms with van der Waals surface area (Å²) in [7, 11) is 0. The van der Waals surface area contributed by atoms with Gasteiger partial charge in [0.2, 0.25) is 11.8 Å².